The Hall–Kier alpha value is -2.47. The van der Waals surface area contributed by atoms with Crippen LogP contribution in [0.5, 0.6) is 11.6 Å². The quantitative estimate of drug-likeness (QED) is 0.228. The molecule has 2 rings (SSSR count). The topological polar surface area (TPSA) is 44.2 Å². The first-order chi connectivity index (χ1) is 17.9. The van der Waals surface area contributed by atoms with Crippen molar-refractivity contribution >= 4 is 17.2 Å². The van der Waals surface area contributed by atoms with E-state index in [2.05, 4.69) is 62.8 Å². The van der Waals surface area contributed by atoms with E-state index in [1.54, 1.807) is 6.92 Å². The van der Waals surface area contributed by atoms with E-state index >= 15 is 0 Å². The van der Waals surface area contributed by atoms with Crippen molar-refractivity contribution in [2.45, 2.75) is 102 Å². The molecule has 216 valence electrons. The fourth-order valence-corrected chi connectivity index (χ4v) is 2.51. The van der Waals surface area contributed by atoms with E-state index in [1.165, 1.54) is 36.8 Å². The first kappa shape index (κ1) is 37.7. The molecule has 0 radical (unpaired) electrons. The summed E-state index contributed by atoms with van der Waals surface area (Å²) in [5.74, 6) is -0.891. The molecule has 1 heterocycles. The molecule has 0 unspecified atom stereocenters. The number of hydrogen-bond donors (Lipinski definition) is 0. The van der Waals surface area contributed by atoms with Crippen LogP contribution >= 0.6 is 11.6 Å². The van der Waals surface area contributed by atoms with Crippen molar-refractivity contribution < 1.29 is 18.3 Å². The molecule has 0 N–H and O–H groups in total. The molecule has 2 aromatic rings. The van der Waals surface area contributed by atoms with Gasteiger partial charge in [-0.15, -0.1) is 0 Å². The third-order valence-corrected chi connectivity index (χ3v) is 5.41. The van der Waals surface area contributed by atoms with Crippen LogP contribution in [-0.2, 0) is 6.61 Å². The first-order valence-corrected chi connectivity index (χ1v) is 13.8. The number of hydrogen-bond acceptors (Lipinski definition) is 4. The molecule has 0 saturated heterocycles. The SMILES string of the molecule is C/C=C(\C)C(C)(F)F.CC.CC/C=C(/C)c1ccc(COc2nc(Cl)ncc2OCC)cc1.CCC(C)C. The van der Waals surface area contributed by atoms with Crippen LogP contribution in [0.3, 0.4) is 0 Å². The van der Waals surface area contributed by atoms with Crippen molar-refractivity contribution in [1.29, 1.82) is 0 Å². The highest BCUT2D eigenvalue weighted by Crippen LogP contribution is 2.26. The van der Waals surface area contributed by atoms with Crippen molar-refractivity contribution in [3.05, 3.63) is 64.6 Å². The van der Waals surface area contributed by atoms with Gasteiger partial charge in [0.15, 0.2) is 5.75 Å². The molecule has 1 aromatic heterocycles. The largest absolute Gasteiger partial charge is 0.487 e. The minimum atomic E-state index is -2.63. The van der Waals surface area contributed by atoms with Crippen LogP contribution in [-0.4, -0.2) is 22.5 Å². The third-order valence-electron chi connectivity index (χ3n) is 5.23. The van der Waals surface area contributed by atoms with Crippen LogP contribution in [0.15, 0.2) is 48.2 Å². The van der Waals surface area contributed by atoms with Gasteiger partial charge in [-0.3, -0.25) is 0 Å². The van der Waals surface area contributed by atoms with Crippen molar-refractivity contribution in [1.82, 2.24) is 9.97 Å². The maximum atomic E-state index is 12.0. The molecule has 38 heavy (non-hydrogen) atoms. The summed E-state index contributed by atoms with van der Waals surface area (Å²) < 4.78 is 35.3. The second-order valence-electron chi connectivity index (χ2n) is 8.68. The Morgan fingerprint density at radius 3 is 2.00 bits per heavy atom. The zero-order valence-electron chi connectivity index (χ0n) is 25.3. The van der Waals surface area contributed by atoms with Gasteiger partial charge in [0.25, 0.3) is 11.8 Å². The maximum Gasteiger partial charge on any atom is 0.266 e. The molecule has 0 bridgehead atoms. The fourth-order valence-electron chi connectivity index (χ4n) is 2.39. The Balaban J connectivity index is 0. The lowest BCUT2D eigenvalue weighted by atomic mass is 10.0. The summed E-state index contributed by atoms with van der Waals surface area (Å²) in [6.45, 7) is 21.6. The van der Waals surface area contributed by atoms with Gasteiger partial charge in [0, 0.05) is 6.92 Å². The Morgan fingerprint density at radius 2 is 1.61 bits per heavy atom. The molecule has 0 amide bonds. The number of nitrogens with zero attached hydrogens (tertiary/aromatic N) is 2. The fraction of sp³-hybridized carbons (Fsp3) is 0.548. The molecule has 1 aromatic carbocycles. The summed E-state index contributed by atoms with van der Waals surface area (Å²) in [5, 5.41) is 0.138. The van der Waals surface area contributed by atoms with Gasteiger partial charge < -0.3 is 9.47 Å². The van der Waals surface area contributed by atoms with Crippen LogP contribution < -0.4 is 9.47 Å². The normalized spacial score (nSPS) is 11.3. The number of rotatable bonds is 9. The summed E-state index contributed by atoms with van der Waals surface area (Å²) in [6, 6.07) is 8.28. The zero-order chi connectivity index (χ0) is 29.7. The standard InChI is InChI=1S/C18H21ClN2O2.C6H10F2.C5H12.C2H6/c1-4-6-13(3)15-9-7-14(8-10-15)12-23-17-16(22-5-2)11-20-18(19)21-17;1-4-5(2)6(3,7)8;1-4-5(2)3;1-2/h6-11H,4-5,12H2,1-3H3;4H,1-3H3;5H,4H2,1-3H3;1-2H3/b13-6-;5-4+;;. The Morgan fingerprint density at radius 1 is 1.05 bits per heavy atom. The molecule has 0 saturated carbocycles. The molecule has 0 atom stereocenters. The Kier molecular flexibility index (Phi) is 21.3. The van der Waals surface area contributed by atoms with Gasteiger partial charge in [-0.25, -0.2) is 13.8 Å². The summed E-state index contributed by atoms with van der Waals surface area (Å²) >= 11 is 5.82. The van der Waals surface area contributed by atoms with E-state index in [9.17, 15) is 8.78 Å². The molecule has 0 aliphatic heterocycles. The highest BCUT2D eigenvalue weighted by atomic mass is 35.5. The smallest absolute Gasteiger partial charge is 0.266 e. The van der Waals surface area contributed by atoms with Crippen molar-refractivity contribution in [3.63, 3.8) is 0 Å². The molecule has 0 aliphatic carbocycles. The third kappa shape index (κ3) is 17.1. The number of halogens is 3. The van der Waals surface area contributed by atoms with Gasteiger partial charge in [0.2, 0.25) is 5.28 Å². The molecule has 0 spiro atoms. The van der Waals surface area contributed by atoms with Gasteiger partial charge in [-0.1, -0.05) is 84.4 Å². The molecular formula is C31H49ClF2N2O2. The van der Waals surface area contributed by atoms with Gasteiger partial charge in [0.1, 0.15) is 6.61 Å². The average molecular weight is 555 g/mol. The maximum absolute atomic E-state index is 12.0. The van der Waals surface area contributed by atoms with Gasteiger partial charge >= 0.3 is 0 Å². The average Bonchev–Trinajstić information content (AvgIpc) is 2.90. The van der Waals surface area contributed by atoms with Gasteiger partial charge in [-0.2, -0.15) is 4.98 Å². The van der Waals surface area contributed by atoms with Crippen LogP contribution in [0, 0.1) is 5.92 Å². The van der Waals surface area contributed by atoms with Gasteiger partial charge in [-0.05, 0) is 73.9 Å². The minimum Gasteiger partial charge on any atom is -0.487 e. The number of aromatic nitrogens is 2. The highest BCUT2D eigenvalue weighted by Gasteiger charge is 2.22. The van der Waals surface area contributed by atoms with Crippen molar-refractivity contribution in [2.24, 2.45) is 5.92 Å². The number of benzene rings is 1. The monoisotopic (exact) mass is 554 g/mol. The predicted molar refractivity (Wildman–Crippen MR) is 159 cm³/mol. The number of alkyl halides is 2. The molecule has 0 aliphatic rings. The summed E-state index contributed by atoms with van der Waals surface area (Å²) in [7, 11) is 0. The van der Waals surface area contributed by atoms with Crippen molar-refractivity contribution in [2.75, 3.05) is 6.61 Å². The van der Waals surface area contributed by atoms with E-state index in [0.717, 1.165) is 24.8 Å². The van der Waals surface area contributed by atoms with E-state index in [-0.39, 0.29) is 10.9 Å². The predicted octanol–water partition coefficient (Wildman–Crippen LogP) is 10.6. The van der Waals surface area contributed by atoms with E-state index in [1.807, 2.05) is 32.9 Å². The molecule has 0 fully saturated rings. The lowest BCUT2D eigenvalue weighted by Gasteiger charge is -2.11. The van der Waals surface area contributed by atoms with E-state index in [4.69, 9.17) is 21.1 Å². The lowest BCUT2D eigenvalue weighted by Crippen LogP contribution is -2.10. The molecule has 7 heteroatoms. The summed E-state index contributed by atoms with van der Waals surface area (Å²) in [5.41, 5.74) is 3.67. The summed E-state index contributed by atoms with van der Waals surface area (Å²) in [6.07, 6.45) is 7.49. The van der Waals surface area contributed by atoms with Crippen molar-refractivity contribution in [3.8, 4) is 11.6 Å². The second-order valence-corrected chi connectivity index (χ2v) is 9.02. The lowest BCUT2D eigenvalue weighted by molar-refractivity contribution is 0.0633. The van der Waals surface area contributed by atoms with E-state index in [0.29, 0.717) is 24.8 Å². The second kappa shape index (κ2) is 21.5. The van der Waals surface area contributed by atoms with Crippen LogP contribution in [0.4, 0.5) is 8.78 Å². The van der Waals surface area contributed by atoms with Crippen LogP contribution in [0.25, 0.3) is 5.57 Å². The highest BCUT2D eigenvalue weighted by molar-refractivity contribution is 6.28. The first-order valence-electron chi connectivity index (χ1n) is 13.4. The summed E-state index contributed by atoms with van der Waals surface area (Å²) in [4.78, 5) is 7.98. The minimum absolute atomic E-state index is 0.123. The number of allylic oxidation sites excluding steroid dienone is 4. The number of ether oxygens (including phenoxy) is 2. The Labute approximate surface area is 235 Å². The van der Waals surface area contributed by atoms with Gasteiger partial charge in [0.05, 0.1) is 12.8 Å². The molecular weight excluding hydrogens is 506 g/mol. The van der Waals surface area contributed by atoms with Crippen LogP contribution in [0.2, 0.25) is 5.28 Å². The van der Waals surface area contributed by atoms with E-state index < -0.39 is 5.92 Å². The molecule has 4 nitrogen and oxygen atoms in total. The van der Waals surface area contributed by atoms with Crippen LogP contribution in [0.1, 0.15) is 100 Å². The zero-order valence-corrected chi connectivity index (χ0v) is 26.0. The Bertz CT molecular complexity index is 938.